The van der Waals surface area contributed by atoms with Crippen molar-refractivity contribution in [2.75, 3.05) is 6.79 Å². The van der Waals surface area contributed by atoms with Crippen LogP contribution in [0.5, 0.6) is 11.5 Å². The monoisotopic (exact) mass is 404 g/mol. The third-order valence-corrected chi connectivity index (χ3v) is 5.21. The van der Waals surface area contributed by atoms with E-state index in [4.69, 9.17) is 14.2 Å². The molecule has 1 fully saturated rings. The number of benzene rings is 1. The van der Waals surface area contributed by atoms with Crippen LogP contribution in [0.25, 0.3) is 6.08 Å². The molecule has 1 aromatic rings. The molecule has 156 valence electrons. The maximum atomic E-state index is 12.7. The van der Waals surface area contributed by atoms with Crippen molar-refractivity contribution in [3.8, 4) is 11.5 Å². The van der Waals surface area contributed by atoms with E-state index in [1.165, 1.54) is 25.1 Å². The third-order valence-electron chi connectivity index (χ3n) is 5.21. The van der Waals surface area contributed by atoms with Gasteiger partial charge in [-0.15, -0.1) is 0 Å². The van der Waals surface area contributed by atoms with Crippen LogP contribution in [0.4, 0.5) is 5.69 Å². The first-order valence-electron chi connectivity index (χ1n) is 9.57. The zero-order chi connectivity index (χ0) is 21.1. The second-order valence-electron chi connectivity index (χ2n) is 7.31. The molecule has 3 atom stereocenters. The molecular formula is C20H24N2O7. The van der Waals surface area contributed by atoms with Crippen LogP contribution >= 0.6 is 0 Å². The molecule has 3 rings (SSSR count). The van der Waals surface area contributed by atoms with E-state index in [1.807, 2.05) is 13.8 Å². The van der Waals surface area contributed by atoms with Gasteiger partial charge in [0, 0.05) is 18.2 Å². The van der Waals surface area contributed by atoms with Gasteiger partial charge in [-0.3, -0.25) is 14.9 Å². The molecule has 2 aliphatic rings. The molecule has 0 bridgehead atoms. The lowest BCUT2D eigenvalue weighted by atomic mass is 9.97. The minimum Gasteiger partial charge on any atom is -0.454 e. The highest BCUT2D eigenvalue weighted by Gasteiger charge is 2.33. The van der Waals surface area contributed by atoms with E-state index in [1.54, 1.807) is 4.90 Å². The summed E-state index contributed by atoms with van der Waals surface area (Å²) >= 11 is 0. The van der Waals surface area contributed by atoms with Gasteiger partial charge in [-0.1, -0.05) is 0 Å². The number of esters is 1. The topological polar surface area (TPSA) is 108 Å². The molecule has 0 unspecified atom stereocenters. The number of amides is 1. The average molecular weight is 404 g/mol. The maximum Gasteiger partial charge on any atom is 0.331 e. The van der Waals surface area contributed by atoms with Crippen LogP contribution in [0.3, 0.4) is 0 Å². The van der Waals surface area contributed by atoms with Crippen molar-refractivity contribution in [1.82, 2.24) is 4.90 Å². The zero-order valence-electron chi connectivity index (χ0n) is 16.6. The van der Waals surface area contributed by atoms with Gasteiger partial charge in [0.05, 0.1) is 16.6 Å². The van der Waals surface area contributed by atoms with Crippen molar-refractivity contribution in [3.63, 3.8) is 0 Å². The quantitative estimate of drug-likeness (QED) is 0.321. The fourth-order valence-corrected chi connectivity index (χ4v) is 3.73. The zero-order valence-corrected chi connectivity index (χ0v) is 16.6. The summed E-state index contributed by atoms with van der Waals surface area (Å²) in [5.74, 6) is -0.351. The first-order chi connectivity index (χ1) is 13.8. The van der Waals surface area contributed by atoms with Gasteiger partial charge in [-0.2, -0.15) is 0 Å². The summed E-state index contributed by atoms with van der Waals surface area (Å²) in [7, 11) is 0. The highest BCUT2D eigenvalue weighted by atomic mass is 16.7. The summed E-state index contributed by atoms with van der Waals surface area (Å²) in [6.07, 6.45) is 4.30. The molecule has 9 nitrogen and oxygen atoms in total. The molecule has 9 heteroatoms. The molecule has 2 aliphatic heterocycles. The Morgan fingerprint density at radius 1 is 1.24 bits per heavy atom. The number of hydrogen-bond acceptors (Lipinski definition) is 7. The number of carbonyl (C=O) groups is 2. The lowest BCUT2D eigenvalue weighted by Gasteiger charge is -2.40. The lowest BCUT2D eigenvalue weighted by molar-refractivity contribution is -0.385. The summed E-state index contributed by atoms with van der Waals surface area (Å²) in [6.45, 7) is 5.49. The fraction of sp³-hybridized carbons (Fsp3) is 0.500. The summed E-state index contributed by atoms with van der Waals surface area (Å²) in [5.41, 5.74) is -0.0492. The van der Waals surface area contributed by atoms with Gasteiger partial charge in [0.15, 0.2) is 17.6 Å². The van der Waals surface area contributed by atoms with Crippen LogP contribution in [0.2, 0.25) is 0 Å². The number of nitro groups is 1. The Balaban J connectivity index is 1.68. The smallest absolute Gasteiger partial charge is 0.331 e. The average Bonchev–Trinajstić information content (AvgIpc) is 3.12. The number of piperidine rings is 1. The predicted octanol–water partition coefficient (Wildman–Crippen LogP) is 3.06. The summed E-state index contributed by atoms with van der Waals surface area (Å²) < 4.78 is 15.6. The first kappa shape index (κ1) is 20.6. The number of nitro benzene ring substituents is 1. The number of rotatable bonds is 5. The fourth-order valence-electron chi connectivity index (χ4n) is 3.73. The number of fused-ring (bicyclic) bond motifs is 1. The largest absolute Gasteiger partial charge is 0.454 e. The Kier molecular flexibility index (Phi) is 6.05. The standard InChI is InChI=1S/C20H24N2O7/c1-12-5-4-6-13(2)21(12)20(24)14(3)29-19(23)8-7-15-9-17-18(28-11-27-17)10-16(15)22(25)26/h7-10,12-14H,4-6,11H2,1-3H3/b8-7+/t12-,13-,14+/m0/s1. The molecular weight excluding hydrogens is 380 g/mol. The van der Waals surface area contributed by atoms with E-state index in [2.05, 4.69) is 0 Å². The van der Waals surface area contributed by atoms with Crippen molar-refractivity contribution in [2.24, 2.45) is 0 Å². The Hall–Kier alpha value is -3.10. The van der Waals surface area contributed by atoms with Gasteiger partial charge in [-0.05, 0) is 52.2 Å². The van der Waals surface area contributed by atoms with Crippen LogP contribution < -0.4 is 9.47 Å². The Morgan fingerprint density at radius 2 is 1.86 bits per heavy atom. The number of ether oxygens (including phenoxy) is 3. The summed E-state index contributed by atoms with van der Waals surface area (Å²) in [4.78, 5) is 37.4. The van der Waals surface area contributed by atoms with E-state index in [9.17, 15) is 19.7 Å². The third kappa shape index (κ3) is 4.49. The second-order valence-corrected chi connectivity index (χ2v) is 7.31. The molecule has 0 saturated carbocycles. The van der Waals surface area contributed by atoms with Gasteiger partial charge in [-0.25, -0.2) is 4.79 Å². The minimum atomic E-state index is -0.943. The molecule has 29 heavy (non-hydrogen) atoms. The van der Waals surface area contributed by atoms with Crippen molar-refractivity contribution >= 4 is 23.6 Å². The van der Waals surface area contributed by atoms with Crippen LogP contribution in [0.1, 0.15) is 45.6 Å². The Bertz CT molecular complexity index is 841. The molecule has 0 aromatic heterocycles. The Morgan fingerprint density at radius 3 is 2.48 bits per heavy atom. The van der Waals surface area contributed by atoms with Crippen LogP contribution in [-0.4, -0.2) is 46.7 Å². The lowest BCUT2D eigenvalue weighted by Crippen LogP contribution is -2.51. The van der Waals surface area contributed by atoms with Gasteiger partial charge in [0.1, 0.15) is 0 Å². The van der Waals surface area contributed by atoms with Crippen LogP contribution in [0, 0.1) is 10.1 Å². The number of nitrogens with zero attached hydrogens (tertiary/aromatic N) is 2. The summed E-state index contributed by atoms with van der Waals surface area (Å²) in [5, 5.41) is 11.3. The molecule has 0 spiro atoms. The van der Waals surface area contributed by atoms with E-state index < -0.39 is 17.0 Å². The van der Waals surface area contributed by atoms with Gasteiger partial charge >= 0.3 is 5.97 Å². The van der Waals surface area contributed by atoms with E-state index in [0.29, 0.717) is 5.75 Å². The van der Waals surface area contributed by atoms with E-state index in [-0.39, 0.29) is 41.8 Å². The van der Waals surface area contributed by atoms with Crippen molar-refractivity contribution in [2.45, 2.75) is 58.2 Å². The highest BCUT2D eigenvalue weighted by molar-refractivity contribution is 5.91. The number of carbonyl (C=O) groups excluding carboxylic acids is 2. The van der Waals surface area contributed by atoms with Gasteiger partial charge < -0.3 is 19.1 Å². The molecule has 2 heterocycles. The van der Waals surface area contributed by atoms with E-state index in [0.717, 1.165) is 25.3 Å². The summed E-state index contributed by atoms with van der Waals surface area (Å²) in [6, 6.07) is 2.87. The molecule has 1 saturated heterocycles. The number of hydrogen-bond donors (Lipinski definition) is 0. The van der Waals surface area contributed by atoms with E-state index >= 15 is 0 Å². The van der Waals surface area contributed by atoms with Gasteiger partial charge in [0.25, 0.3) is 11.6 Å². The predicted molar refractivity (Wildman–Crippen MR) is 103 cm³/mol. The SMILES string of the molecule is C[C@@H](OC(=O)/C=C/c1cc2c(cc1[N+](=O)[O-])OCO2)C(=O)N1[C@@H](C)CCC[C@@H]1C. The van der Waals surface area contributed by atoms with Crippen LogP contribution in [-0.2, 0) is 14.3 Å². The molecule has 1 aromatic carbocycles. The molecule has 0 aliphatic carbocycles. The van der Waals surface area contributed by atoms with Crippen molar-refractivity contribution in [1.29, 1.82) is 0 Å². The highest BCUT2D eigenvalue weighted by Crippen LogP contribution is 2.38. The number of likely N-dealkylation sites (tertiary alicyclic amines) is 1. The second kappa shape index (κ2) is 8.50. The maximum absolute atomic E-state index is 12.7. The Labute approximate surface area is 168 Å². The molecule has 0 N–H and O–H groups in total. The molecule has 0 radical (unpaired) electrons. The van der Waals surface area contributed by atoms with Crippen LogP contribution in [0.15, 0.2) is 18.2 Å². The normalized spacial score (nSPS) is 21.8. The van der Waals surface area contributed by atoms with Crippen molar-refractivity contribution < 1.29 is 28.7 Å². The van der Waals surface area contributed by atoms with Crippen molar-refractivity contribution in [3.05, 3.63) is 33.9 Å². The van der Waals surface area contributed by atoms with Gasteiger partial charge in [0.2, 0.25) is 6.79 Å². The molecule has 1 amide bonds. The first-order valence-corrected chi connectivity index (χ1v) is 9.57. The minimum absolute atomic E-state index is 0.0192.